The van der Waals surface area contributed by atoms with E-state index in [1.807, 2.05) is 26.8 Å². The molecular formula is C23H38N2O3. The molecule has 1 N–H and O–H groups in total. The molecule has 0 saturated carbocycles. The molecule has 0 heterocycles. The van der Waals surface area contributed by atoms with Crippen molar-refractivity contribution in [3.63, 3.8) is 0 Å². The molecule has 2 amide bonds. The first-order valence-electron chi connectivity index (χ1n) is 10.6. The van der Waals surface area contributed by atoms with E-state index in [4.69, 9.17) is 4.74 Å². The van der Waals surface area contributed by atoms with Gasteiger partial charge in [-0.25, -0.2) is 5.01 Å². The first-order valence-corrected chi connectivity index (χ1v) is 10.6. The minimum absolute atomic E-state index is 0.0540. The smallest absolute Gasteiger partial charge is 0.273 e. The van der Waals surface area contributed by atoms with Crippen molar-refractivity contribution >= 4 is 11.8 Å². The number of nitrogens with zero attached hydrogens (tertiary/aromatic N) is 1. The van der Waals surface area contributed by atoms with Crippen LogP contribution in [0, 0.1) is 0 Å². The summed E-state index contributed by atoms with van der Waals surface area (Å²) in [6.07, 6.45) is 9.91. The molecule has 1 rings (SSSR count). The molecule has 158 valence electrons. The van der Waals surface area contributed by atoms with Gasteiger partial charge in [0.25, 0.3) is 5.91 Å². The maximum absolute atomic E-state index is 12.8. The number of para-hydroxylation sites is 1. The minimum Gasteiger partial charge on any atom is -0.496 e. The molecule has 5 heteroatoms. The molecule has 0 aromatic heterocycles. The zero-order valence-electron chi connectivity index (χ0n) is 18.3. The van der Waals surface area contributed by atoms with Gasteiger partial charge in [-0.1, -0.05) is 64.0 Å². The summed E-state index contributed by atoms with van der Waals surface area (Å²) in [5, 5.41) is 1.46. The van der Waals surface area contributed by atoms with Crippen molar-refractivity contribution in [1.29, 1.82) is 0 Å². The Morgan fingerprint density at radius 2 is 1.54 bits per heavy atom. The van der Waals surface area contributed by atoms with Gasteiger partial charge in [-0.2, -0.15) is 0 Å². The predicted molar refractivity (Wildman–Crippen MR) is 114 cm³/mol. The van der Waals surface area contributed by atoms with Crippen molar-refractivity contribution in [2.45, 2.75) is 91.0 Å². The van der Waals surface area contributed by atoms with Gasteiger partial charge in [0.2, 0.25) is 5.91 Å². The summed E-state index contributed by atoms with van der Waals surface area (Å²) in [6.45, 7) is 7.97. The van der Waals surface area contributed by atoms with Crippen LogP contribution in [0.1, 0.15) is 95.8 Å². The van der Waals surface area contributed by atoms with Crippen LogP contribution < -0.4 is 10.2 Å². The Kier molecular flexibility index (Phi) is 10.6. The molecule has 0 aliphatic heterocycles. The maximum atomic E-state index is 12.8. The predicted octanol–water partition coefficient (Wildman–Crippen LogP) is 5.50. The Bertz CT molecular complexity index is 608. The third-order valence-corrected chi connectivity index (χ3v) is 4.73. The molecule has 0 atom stereocenters. The minimum atomic E-state index is -0.505. The second-order valence-corrected chi connectivity index (χ2v) is 8.27. The lowest BCUT2D eigenvalue weighted by Gasteiger charge is -2.35. The van der Waals surface area contributed by atoms with Crippen LogP contribution in [-0.4, -0.2) is 29.5 Å². The Morgan fingerprint density at radius 3 is 2.11 bits per heavy atom. The van der Waals surface area contributed by atoms with Gasteiger partial charge in [-0.3, -0.25) is 15.0 Å². The molecule has 0 aliphatic carbocycles. The summed E-state index contributed by atoms with van der Waals surface area (Å²) < 4.78 is 5.26. The second-order valence-electron chi connectivity index (χ2n) is 8.27. The number of hydrazine groups is 1. The van der Waals surface area contributed by atoms with Crippen molar-refractivity contribution in [3.05, 3.63) is 29.8 Å². The zero-order chi connectivity index (χ0) is 21.0. The largest absolute Gasteiger partial charge is 0.496 e. The van der Waals surface area contributed by atoms with E-state index in [0.717, 1.165) is 12.8 Å². The lowest BCUT2D eigenvalue weighted by molar-refractivity contribution is -0.139. The molecule has 5 nitrogen and oxygen atoms in total. The van der Waals surface area contributed by atoms with Crippen LogP contribution in [0.25, 0.3) is 0 Å². The topological polar surface area (TPSA) is 58.6 Å². The van der Waals surface area contributed by atoms with Crippen LogP contribution in [0.4, 0.5) is 0 Å². The molecular weight excluding hydrogens is 352 g/mol. The van der Waals surface area contributed by atoms with E-state index in [9.17, 15) is 9.59 Å². The van der Waals surface area contributed by atoms with Crippen molar-refractivity contribution in [2.24, 2.45) is 0 Å². The van der Waals surface area contributed by atoms with Gasteiger partial charge in [0.15, 0.2) is 0 Å². The number of unbranched alkanes of at least 4 members (excludes halogenated alkanes) is 7. The normalized spacial score (nSPS) is 11.2. The fourth-order valence-electron chi connectivity index (χ4n) is 3.12. The monoisotopic (exact) mass is 390 g/mol. The van der Waals surface area contributed by atoms with Gasteiger partial charge in [0.1, 0.15) is 5.75 Å². The van der Waals surface area contributed by atoms with Crippen LogP contribution in [0.15, 0.2) is 24.3 Å². The molecule has 28 heavy (non-hydrogen) atoms. The number of carbonyl (C=O) groups excluding carboxylic acids is 2. The van der Waals surface area contributed by atoms with E-state index in [1.165, 1.54) is 50.6 Å². The molecule has 1 aromatic carbocycles. The van der Waals surface area contributed by atoms with Crippen molar-refractivity contribution < 1.29 is 14.3 Å². The van der Waals surface area contributed by atoms with Crippen molar-refractivity contribution in [2.75, 3.05) is 7.11 Å². The number of hydrogen-bond donors (Lipinski definition) is 1. The van der Waals surface area contributed by atoms with Gasteiger partial charge in [0, 0.05) is 6.42 Å². The van der Waals surface area contributed by atoms with Gasteiger partial charge < -0.3 is 4.74 Å². The average molecular weight is 391 g/mol. The number of nitrogens with one attached hydrogen (secondary N) is 1. The zero-order valence-corrected chi connectivity index (χ0v) is 18.3. The van der Waals surface area contributed by atoms with E-state index in [2.05, 4.69) is 12.3 Å². The summed E-state index contributed by atoms with van der Waals surface area (Å²) >= 11 is 0. The molecule has 0 spiro atoms. The standard InChI is InChI=1S/C23H38N2O3/c1-6-7-8-9-10-11-12-13-18-21(26)25(23(2,3)4)24-22(27)19-16-14-15-17-20(19)28-5/h14-17H,6-13,18H2,1-5H3,(H,24,27). The Balaban J connectivity index is 2.56. The summed E-state index contributed by atoms with van der Waals surface area (Å²) in [5.41, 5.74) is 2.70. The summed E-state index contributed by atoms with van der Waals surface area (Å²) in [7, 11) is 1.53. The quantitative estimate of drug-likeness (QED) is 0.401. The number of benzene rings is 1. The molecule has 0 radical (unpaired) electrons. The summed E-state index contributed by atoms with van der Waals surface area (Å²) in [4.78, 5) is 25.5. The highest BCUT2D eigenvalue weighted by atomic mass is 16.5. The third kappa shape index (κ3) is 8.32. The van der Waals surface area contributed by atoms with E-state index in [0.29, 0.717) is 17.7 Å². The van der Waals surface area contributed by atoms with Crippen molar-refractivity contribution in [1.82, 2.24) is 10.4 Å². The van der Waals surface area contributed by atoms with Crippen molar-refractivity contribution in [3.8, 4) is 5.75 Å². The fraction of sp³-hybridized carbons (Fsp3) is 0.652. The molecule has 0 saturated heterocycles. The van der Waals surface area contributed by atoms with E-state index in [1.54, 1.807) is 18.2 Å². The molecule has 1 aromatic rings. The van der Waals surface area contributed by atoms with Gasteiger partial charge >= 0.3 is 0 Å². The first kappa shape index (κ1) is 24.0. The first-order chi connectivity index (χ1) is 13.3. The highest BCUT2D eigenvalue weighted by molar-refractivity contribution is 5.98. The third-order valence-electron chi connectivity index (χ3n) is 4.73. The fourth-order valence-corrected chi connectivity index (χ4v) is 3.12. The molecule has 0 bridgehead atoms. The number of hydrogen-bond acceptors (Lipinski definition) is 3. The van der Waals surface area contributed by atoms with E-state index >= 15 is 0 Å². The van der Waals surface area contributed by atoms with Gasteiger partial charge in [-0.05, 0) is 39.3 Å². The second kappa shape index (κ2) is 12.4. The lowest BCUT2D eigenvalue weighted by Crippen LogP contribution is -2.55. The average Bonchev–Trinajstić information content (AvgIpc) is 2.66. The number of amides is 2. The van der Waals surface area contributed by atoms with Crippen LogP contribution in [-0.2, 0) is 4.79 Å². The van der Waals surface area contributed by atoms with E-state index in [-0.39, 0.29) is 11.8 Å². The molecule has 0 fully saturated rings. The highest BCUT2D eigenvalue weighted by Gasteiger charge is 2.28. The van der Waals surface area contributed by atoms with Crippen LogP contribution in [0.5, 0.6) is 5.75 Å². The Morgan fingerprint density at radius 1 is 0.964 bits per heavy atom. The highest BCUT2D eigenvalue weighted by Crippen LogP contribution is 2.19. The Hall–Kier alpha value is -2.04. The Labute approximate surface area is 170 Å². The summed E-state index contributed by atoms with van der Waals surface area (Å²) in [5.74, 6) is 0.0998. The number of ether oxygens (including phenoxy) is 1. The number of rotatable bonds is 11. The SMILES string of the molecule is CCCCCCCCCCC(=O)N(NC(=O)c1ccccc1OC)C(C)(C)C. The van der Waals surface area contributed by atoms with E-state index < -0.39 is 5.54 Å². The van der Waals surface area contributed by atoms with Gasteiger partial charge in [-0.15, -0.1) is 0 Å². The number of methoxy groups -OCH3 is 1. The molecule has 0 aliphatic rings. The number of carbonyl (C=O) groups is 2. The lowest BCUT2D eigenvalue weighted by atomic mass is 10.0. The van der Waals surface area contributed by atoms with Gasteiger partial charge in [0.05, 0.1) is 18.2 Å². The maximum Gasteiger partial charge on any atom is 0.273 e. The van der Waals surface area contributed by atoms with Crippen LogP contribution in [0.2, 0.25) is 0 Å². The van der Waals surface area contributed by atoms with Crippen LogP contribution >= 0.6 is 0 Å². The van der Waals surface area contributed by atoms with Crippen LogP contribution in [0.3, 0.4) is 0 Å². The molecule has 0 unspecified atom stereocenters. The summed E-state index contributed by atoms with van der Waals surface area (Å²) in [6, 6.07) is 7.02.